The highest BCUT2D eigenvalue weighted by atomic mass is 19.1. The van der Waals surface area contributed by atoms with Crippen LogP contribution in [0.2, 0.25) is 0 Å². The molecular formula is C31H29FN8O3. The molecule has 1 aromatic carbocycles. The molecule has 1 saturated carbocycles. The number of rotatable bonds is 9. The molecule has 4 aromatic rings. The lowest BCUT2D eigenvalue weighted by Gasteiger charge is -2.26. The summed E-state index contributed by atoms with van der Waals surface area (Å²) in [6, 6.07) is 11.4. The lowest BCUT2D eigenvalue weighted by molar-refractivity contribution is 0.0940. The van der Waals surface area contributed by atoms with Gasteiger partial charge in [0.25, 0.3) is 5.91 Å². The first-order valence-corrected chi connectivity index (χ1v) is 13.4. The van der Waals surface area contributed by atoms with Gasteiger partial charge in [-0.1, -0.05) is 18.2 Å². The van der Waals surface area contributed by atoms with Crippen molar-refractivity contribution in [3.8, 4) is 5.75 Å². The Kier molecular flexibility index (Phi) is 6.41. The van der Waals surface area contributed by atoms with Gasteiger partial charge in [-0.2, -0.15) is 0 Å². The molecule has 12 heteroatoms. The van der Waals surface area contributed by atoms with Crippen LogP contribution < -0.4 is 25.2 Å². The first-order chi connectivity index (χ1) is 22.1. The van der Waals surface area contributed by atoms with Crippen LogP contribution in [0.4, 0.5) is 21.7 Å². The summed E-state index contributed by atoms with van der Waals surface area (Å²) >= 11 is 0. The number of alkyl halides is 1. The quantitative estimate of drug-likeness (QED) is 0.283. The molecule has 43 heavy (non-hydrogen) atoms. The van der Waals surface area contributed by atoms with Crippen molar-refractivity contribution >= 4 is 34.8 Å². The van der Waals surface area contributed by atoms with Crippen molar-refractivity contribution in [3.05, 3.63) is 101 Å². The van der Waals surface area contributed by atoms with E-state index in [9.17, 15) is 14.0 Å². The van der Waals surface area contributed by atoms with Gasteiger partial charge in [-0.05, 0) is 48.4 Å². The Morgan fingerprint density at radius 2 is 2.09 bits per heavy atom. The number of anilines is 3. The number of hydrogen-bond acceptors (Lipinski definition) is 9. The summed E-state index contributed by atoms with van der Waals surface area (Å²) in [5, 5.41) is 10.3. The highest BCUT2D eigenvalue weighted by molar-refractivity contribution is 5.94. The van der Waals surface area contributed by atoms with Crippen molar-refractivity contribution in [3.63, 3.8) is 0 Å². The first kappa shape index (κ1) is 24.2. The molecule has 1 fully saturated rings. The fourth-order valence-electron chi connectivity index (χ4n) is 4.68. The van der Waals surface area contributed by atoms with E-state index in [4.69, 9.17) is 8.85 Å². The number of ether oxygens (including phenoxy) is 1. The average Bonchev–Trinajstić information content (AvgIpc) is 3.55. The number of halogens is 1. The van der Waals surface area contributed by atoms with Gasteiger partial charge < -0.3 is 20.3 Å². The number of hydrogen-bond donors (Lipinski definition) is 2. The summed E-state index contributed by atoms with van der Waals surface area (Å²) in [6.07, 6.45) is 6.95. The van der Waals surface area contributed by atoms with Crippen LogP contribution in [0.3, 0.4) is 0 Å². The number of aryl methyl sites for hydroxylation is 1. The third-order valence-corrected chi connectivity index (χ3v) is 7.06. The number of methoxy groups -OCH3 is 1. The number of amides is 1. The first-order valence-electron chi connectivity index (χ1n) is 14.9. The van der Waals surface area contributed by atoms with Crippen LogP contribution in [0, 0.1) is 6.92 Å². The Balaban J connectivity index is 1.43. The number of allylic oxidation sites excluding steroid dienone is 2. The van der Waals surface area contributed by atoms with Gasteiger partial charge in [0, 0.05) is 42.5 Å². The topological polar surface area (TPSA) is 117 Å². The molecule has 1 amide bonds. The van der Waals surface area contributed by atoms with Crippen molar-refractivity contribution in [2.24, 2.45) is 0 Å². The van der Waals surface area contributed by atoms with E-state index < -0.39 is 25.1 Å². The van der Waals surface area contributed by atoms with E-state index in [0.717, 1.165) is 5.56 Å². The summed E-state index contributed by atoms with van der Waals surface area (Å²) in [7, 11) is 1.54. The Morgan fingerprint density at radius 1 is 1.28 bits per heavy atom. The summed E-state index contributed by atoms with van der Waals surface area (Å²) in [5.41, 5.74) is 2.07. The van der Waals surface area contributed by atoms with E-state index in [1.807, 2.05) is 18.9 Å². The average molecular weight is 584 g/mol. The van der Waals surface area contributed by atoms with Gasteiger partial charge in [0.05, 0.1) is 30.7 Å². The smallest absolute Gasteiger partial charge is 0.271 e. The van der Waals surface area contributed by atoms with Crippen molar-refractivity contribution in [2.75, 3.05) is 29.2 Å². The number of imidazole rings is 1. The van der Waals surface area contributed by atoms with Crippen LogP contribution >= 0.6 is 0 Å². The van der Waals surface area contributed by atoms with Gasteiger partial charge in [-0.25, -0.2) is 23.7 Å². The van der Waals surface area contributed by atoms with Crippen LogP contribution in [0.5, 0.6) is 5.75 Å². The normalized spacial score (nSPS) is 18.7. The summed E-state index contributed by atoms with van der Waals surface area (Å²) < 4.78 is 45.3. The third-order valence-electron chi connectivity index (χ3n) is 7.06. The molecule has 3 aromatic heterocycles. The molecule has 0 unspecified atom stereocenters. The predicted octanol–water partition coefficient (Wildman–Crippen LogP) is 3.96. The second kappa shape index (κ2) is 11.4. The van der Waals surface area contributed by atoms with Gasteiger partial charge in [-0.3, -0.25) is 9.69 Å². The van der Waals surface area contributed by atoms with Gasteiger partial charge in [0.2, 0.25) is 0 Å². The van der Waals surface area contributed by atoms with Crippen LogP contribution in [-0.2, 0) is 11.3 Å². The minimum Gasteiger partial charge on any atom is -0.497 e. The van der Waals surface area contributed by atoms with Crippen molar-refractivity contribution in [1.82, 2.24) is 24.9 Å². The van der Waals surface area contributed by atoms with Crippen molar-refractivity contribution in [1.29, 1.82) is 0 Å². The maximum absolute atomic E-state index is 13.6. The molecule has 2 atom stereocenters. The molecule has 2 aliphatic rings. The number of nitrogens with zero attached hydrogens (tertiary/aromatic N) is 6. The number of benzene rings is 1. The van der Waals surface area contributed by atoms with E-state index in [2.05, 4.69) is 25.7 Å². The number of fused-ring (bicyclic) bond motifs is 1. The largest absolute Gasteiger partial charge is 0.497 e. The predicted molar refractivity (Wildman–Crippen MR) is 160 cm³/mol. The molecule has 11 nitrogen and oxygen atoms in total. The van der Waals surface area contributed by atoms with Gasteiger partial charge in [0.1, 0.15) is 17.7 Å². The zero-order chi connectivity index (χ0) is 32.6. The Morgan fingerprint density at radius 3 is 2.79 bits per heavy atom. The van der Waals surface area contributed by atoms with E-state index >= 15 is 0 Å². The second-order valence-corrected chi connectivity index (χ2v) is 10.1. The Bertz CT molecular complexity index is 1920. The van der Waals surface area contributed by atoms with Crippen LogP contribution in [0.1, 0.15) is 32.1 Å². The van der Waals surface area contributed by atoms with E-state index in [0.29, 0.717) is 22.8 Å². The minimum atomic E-state index is -2.66. The molecule has 0 spiro atoms. The van der Waals surface area contributed by atoms with Crippen molar-refractivity contribution in [2.45, 2.75) is 32.1 Å². The van der Waals surface area contributed by atoms with Crippen molar-refractivity contribution < 1.29 is 22.8 Å². The SMILES string of the molecule is [2H]C([2H])([2H])N(Cc1ccc(OC)cc1)c1cc(NC2=CC=CN(c3ncccc3C)C2=C=O)nn2c(C(=O)N[C@@H]3C[C@@H]3F)cnc12. The number of pyridine rings is 1. The maximum atomic E-state index is 13.6. The molecule has 4 heterocycles. The molecule has 218 valence electrons. The highest BCUT2D eigenvalue weighted by Gasteiger charge is 2.39. The monoisotopic (exact) mass is 583 g/mol. The Hall–Kier alpha value is -5.48. The van der Waals surface area contributed by atoms with E-state index in [-0.39, 0.29) is 41.5 Å². The number of aromatic nitrogens is 4. The van der Waals surface area contributed by atoms with E-state index in [1.165, 1.54) is 28.8 Å². The molecular weight excluding hydrogens is 551 g/mol. The maximum Gasteiger partial charge on any atom is 0.271 e. The summed E-state index contributed by atoms with van der Waals surface area (Å²) in [6.45, 7) is -0.857. The fourth-order valence-corrected chi connectivity index (χ4v) is 4.68. The highest BCUT2D eigenvalue weighted by Crippen LogP contribution is 2.31. The minimum absolute atomic E-state index is 0.0247. The van der Waals surface area contributed by atoms with Gasteiger partial charge in [-0.15, -0.1) is 5.10 Å². The van der Waals surface area contributed by atoms with Crippen LogP contribution in [0.25, 0.3) is 5.65 Å². The zero-order valence-corrected chi connectivity index (χ0v) is 23.3. The summed E-state index contributed by atoms with van der Waals surface area (Å²) in [4.78, 5) is 37.0. The molecule has 0 bridgehead atoms. The molecule has 6 rings (SSSR count). The Labute approximate surface area is 251 Å². The van der Waals surface area contributed by atoms with Crippen LogP contribution in [0.15, 0.2) is 84.6 Å². The van der Waals surface area contributed by atoms with E-state index in [1.54, 1.807) is 59.8 Å². The number of carbonyl (C=O) groups is 1. The molecule has 0 saturated heterocycles. The lowest BCUT2D eigenvalue weighted by atomic mass is 10.2. The molecule has 2 N–H and O–H groups in total. The molecule has 1 aliphatic carbocycles. The van der Waals surface area contributed by atoms with Gasteiger partial charge >= 0.3 is 0 Å². The second-order valence-electron chi connectivity index (χ2n) is 10.1. The molecule has 0 radical (unpaired) electrons. The standard InChI is InChI=1S/C31H29FN8O3/c1-19-6-4-12-33-29(19)39-13-5-7-23(27(39)18-41)35-28-15-25(38(2)17-20-8-10-21(43-3)11-9-20)30-34-16-26(40(30)37-28)31(42)36-24-14-22(24)32/h4-13,15-16,22,24H,14,17H2,1-3H3,(H,35,37)(H,36,42)/t22-,24+/m0/s1/i2D3. The summed E-state index contributed by atoms with van der Waals surface area (Å²) in [5.74, 6) is 2.57. The number of nitrogens with one attached hydrogen (secondary N) is 2. The number of carbonyl (C=O) groups excluding carboxylic acids is 2. The zero-order valence-electron chi connectivity index (χ0n) is 26.3. The third kappa shape index (κ3) is 5.55. The van der Waals surface area contributed by atoms with Crippen LogP contribution in [-0.4, -0.2) is 57.7 Å². The fraction of sp³-hybridized carbons (Fsp3) is 0.226. The lowest BCUT2D eigenvalue weighted by Crippen LogP contribution is -2.29. The van der Waals surface area contributed by atoms with Gasteiger partial charge in [0.15, 0.2) is 28.8 Å². The molecule has 1 aliphatic heterocycles.